The van der Waals surface area contributed by atoms with Crippen LogP contribution in [0.15, 0.2) is 48.5 Å². The van der Waals surface area contributed by atoms with Gasteiger partial charge < -0.3 is 40.1 Å². The van der Waals surface area contributed by atoms with Crippen LogP contribution in [-0.4, -0.2) is 108 Å². The zero-order valence-corrected chi connectivity index (χ0v) is 27.6. The highest BCUT2D eigenvalue weighted by Crippen LogP contribution is 2.26. The minimum absolute atomic E-state index is 0.0516. The number of hydrogen-bond acceptors (Lipinski definition) is 10. The molecule has 48 heavy (non-hydrogen) atoms. The van der Waals surface area contributed by atoms with Crippen LogP contribution in [0.3, 0.4) is 0 Å². The van der Waals surface area contributed by atoms with Crippen molar-refractivity contribution in [2.45, 2.75) is 51.7 Å². The quantitative estimate of drug-likeness (QED) is 0.345. The van der Waals surface area contributed by atoms with Crippen LogP contribution < -0.4 is 25.8 Å². The molecule has 14 nitrogen and oxygen atoms in total. The molecule has 14 heteroatoms. The molecule has 2 aromatic carbocycles. The van der Waals surface area contributed by atoms with Gasteiger partial charge in [-0.2, -0.15) is 15.0 Å². The lowest BCUT2D eigenvalue weighted by Crippen LogP contribution is -2.46. The molecule has 0 saturated carbocycles. The number of nitrogens with zero attached hydrogens (tertiary/aromatic N) is 6. The van der Waals surface area contributed by atoms with E-state index in [1.165, 1.54) is 6.92 Å². The molecule has 4 amide bonds. The second kappa shape index (κ2) is 14.9. The average molecular weight is 658 g/mol. The zero-order valence-electron chi connectivity index (χ0n) is 27.6. The molecule has 6 rings (SSSR count). The maximum absolute atomic E-state index is 13.0. The van der Waals surface area contributed by atoms with Gasteiger partial charge in [-0.1, -0.05) is 0 Å². The third-order valence-electron chi connectivity index (χ3n) is 8.84. The lowest BCUT2D eigenvalue weighted by atomic mass is 10.0. The van der Waals surface area contributed by atoms with E-state index < -0.39 is 6.03 Å². The van der Waals surface area contributed by atoms with Crippen LogP contribution in [0.1, 0.15) is 44.0 Å². The predicted octanol–water partition coefficient (Wildman–Crippen LogP) is 3.37. The molecule has 0 bridgehead atoms. The summed E-state index contributed by atoms with van der Waals surface area (Å²) in [4.78, 5) is 57.8. The van der Waals surface area contributed by atoms with Crippen molar-refractivity contribution in [1.82, 2.24) is 25.2 Å². The van der Waals surface area contributed by atoms with Crippen LogP contribution >= 0.6 is 0 Å². The fourth-order valence-electron chi connectivity index (χ4n) is 6.18. The normalized spacial score (nSPS) is 20.3. The van der Waals surface area contributed by atoms with Crippen molar-refractivity contribution in [3.63, 3.8) is 0 Å². The lowest BCUT2D eigenvalue weighted by Gasteiger charge is -2.36. The molecular weight excluding hydrogens is 614 g/mol. The van der Waals surface area contributed by atoms with E-state index in [9.17, 15) is 14.4 Å². The summed E-state index contributed by atoms with van der Waals surface area (Å²) in [6.45, 7) is 10.7. The Kier molecular flexibility index (Phi) is 10.3. The van der Waals surface area contributed by atoms with E-state index in [0.717, 1.165) is 18.4 Å². The highest BCUT2D eigenvalue weighted by molar-refractivity contribution is 6.00. The fraction of sp³-hybridized carbons (Fsp3) is 0.471. The Hall–Kier alpha value is -4.82. The number of carbonyl (C=O) groups is 3. The van der Waals surface area contributed by atoms with E-state index in [1.54, 1.807) is 29.2 Å². The SMILES string of the molecule is CC(=O)NC1CCN(C(=O)c2ccc(NC(=O)Nc3ccc(-c4nc(N5CCOC[C@@H]5C)nc(N5CCOC[C@@H]5C)n4)cc3)cc2)CC1. The molecule has 1 aromatic heterocycles. The highest BCUT2D eigenvalue weighted by atomic mass is 16.5. The fourth-order valence-corrected chi connectivity index (χ4v) is 6.18. The van der Waals surface area contributed by atoms with Crippen molar-refractivity contribution in [3.05, 3.63) is 54.1 Å². The number of nitrogens with one attached hydrogen (secondary N) is 3. The molecule has 254 valence electrons. The van der Waals surface area contributed by atoms with Gasteiger partial charge in [0.1, 0.15) is 0 Å². The Morgan fingerprint density at radius 3 is 1.75 bits per heavy atom. The number of benzene rings is 2. The van der Waals surface area contributed by atoms with Gasteiger partial charge in [0.25, 0.3) is 5.91 Å². The highest BCUT2D eigenvalue weighted by Gasteiger charge is 2.28. The van der Waals surface area contributed by atoms with Crippen LogP contribution in [0.5, 0.6) is 0 Å². The van der Waals surface area contributed by atoms with E-state index in [-0.39, 0.29) is 29.9 Å². The number of anilines is 4. The summed E-state index contributed by atoms with van der Waals surface area (Å²) in [7, 11) is 0. The Morgan fingerprint density at radius 1 is 0.729 bits per heavy atom. The van der Waals surface area contributed by atoms with Crippen molar-refractivity contribution >= 4 is 41.1 Å². The van der Waals surface area contributed by atoms with Gasteiger partial charge in [0.2, 0.25) is 17.8 Å². The first-order valence-electron chi connectivity index (χ1n) is 16.5. The number of ether oxygens (including phenoxy) is 2. The van der Waals surface area contributed by atoms with Crippen LogP contribution in [0.25, 0.3) is 11.4 Å². The van der Waals surface area contributed by atoms with Crippen LogP contribution in [-0.2, 0) is 14.3 Å². The number of morpholine rings is 2. The monoisotopic (exact) mass is 657 g/mol. The van der Waals surface area contributed by atoms with Crippen molar-refractivity contribution in [2.24, 2.45) is 0 Å². The number of amides is 4. The molecule has 3 saturated heterocycles. The third kappa shape index (κ3) is 8.00. The number of urea groups is 1. The third-order valence-corrected chi connectivity index (χ3v) is 8.84. The molecule has 2 atom stereocenters. The zero-order chi connectivity index (χ0) is 33.6. The molecule has 3 N–H and O–H groups in total. The minimum Gasteiger partial charge on any atom is -0.377 e. The van der Waals surface area contributed by atoms with Crippen molar-refractivity contribution < 1.29 is 23.9 Å². The van der Waals surface area contributed by atoms with Gasteiger partial charge in [-0.05, 0) is 75.2 Å². The minimum atomic E-state index is -0.408. The van der Waals surface area contributed by atoms with Crippen molar-refractivity contribution in [1.29, 1.82) is 0 Å². The average Bonchev–Trinajstić information content (AvgIpc) is 3.09. The first-order chi connectivity index (χ1) is 23.2. The summed E-state index contributed by atoms with van der Waals surface area (Å²) in [5, 5.41) is 8.61. The number of rotatable bonds is 7. The number of piperidine rings is 1. The summed E-state index contributed by atoms with van der Waals surface area (Å²) in [6.07, 6.45) is 1.45. The maximum atomic E-state index is 13.0. The molecule has 3 aliphatic rings. The molecule has 0 spiro atoms. The standard InChI is InChI=1S/C34H43N9O5/c1-22-20-47-18-16-42(22)32-38-30(39-33(40-32)43-17-19-48-21-23(43)2)25-4-8-27(9-5-25)36-34(46)37-28-10-6-26(7-11-28)31(45)41-14-12-29(13-15-41)35-24(3)44/h4-11,22-23,29H,12-21H2,1-3H3,(H,35,44)(H2,36,37,46)/t22-,23-/m0/s1. The van der Waals surface area contributed by atoms with Gasteiger partial charge >= 0.3 is 6.03 Å². The molecular formula is C34H43N9O5. The smallest absolute Gasteiger partial charge is 0.323 e. The van der Waals surface area contributed by atoms with E-state index in [0.29, 0.717) is 87.3 Å². The van der Waals surface area contributed by atoms with Gasteiger partial charge in [0.15, 0.2) is 5.82 Å². The molecule has 0 aliphatic carbocycles. The van der Waals surface area contributed by atoms with E-state index in [4.69, 9.17) is 24.4 Å². The summed E-state index contributed by atoms with van der Waals surface area (Å²) in [6, 6.07) is 14.2. The summed E-state index contributed by atoms with van der Waals surface area (Å²) in [5.41, 5.74) is 2.51. The summed E-state index contributed by atoms with van der Waals surface area (Å²) < 4.78 is 11.3. The van der Waals surface area contributed by atoms with Crippen LogP contribution in [0.4, 0.5) is 28.1 Å². The van der Waals surface area contributed by atoms with E-state index in [1.807, 2.05) is 24.3 Å². The van der Waals surface area contributed by atoms with Gasteiger partial charge in [0.05, 0.1) is 38.5 Å². The Bertz CT molecular complexity index is 1560. The first-order valence-corrected chi connectivity index (χ1v) is 16.5. The van der Waals surface area contributed by atoms with Crippen LogP contribution in [0, 0.1) is 0 Å². The van der Waals surface area contributed by atoms with Crippen molar-refractivity contribution in [2.75, 3.05) is 73.0 Å². The Labute approximate surface area is 280 Å². The van der Waals surface area contributed by atoms with E-state index >= 15 is 0 Å². The van der Waals surface area contributed by atoms with E-state index in [2.05, 4.69) is 39.6 Å². The second-order valence-corrected chi connectivity index (χ2v) is 12.5. The molecule has 4 heterocycles. The Balaban J connectivity index is 1.09. The van der Waals surface area contributed by atoms with Gasteiger partial charge in [-0.15, -0.1) is 0 Å². The number of aromatic nitrogens is 3. The maximum Gasteiger partial charge on any atom is 0.323 e. The number of hydrogen-bond donors (Lipinski definition) is 3. The largest absolute Gasteiger partial charge is 0.377 e. The van der Waals surface area contributed by atoms with Gasteiger partial charge in [-0.3, -0.25) is 9.59 Å². The lowest BCUT2D eigenvalue weighted by molar-refractivity contribution is -0.119. The van der Waals surface area contributed by atoms with Gasteiger partial charge in [0, 0.05) is 61.6 Å². The second-order valence-electron chi connectivity index (χ2n) is 12.5. The molecule has 0 radical (unpaired) electrons. The summed E-state index contributed by atoms with van der Waals surface area (Å²) >= 11 is 0. The van der Waals surface area contributed by atoms with Crippen molar-refractivity contribution in [3.8, 4) is 11.4 Å². The van der Waals surface area contributed by atoms with Crippen LogP contribution in [0.2, 0.25) is 0 Å². The molecule has 0 unspecified atom stereocenters. The molecule has 3 fully saturated rings. The molecule has 3 aliphatic heterocycles. The Morgan fingerprint density at radius 2 is 1.25 bits per heavy atom. The first kappa shape index (κ1) is 33.1. The predicted molar refractivity (Wildman–Crippen MR) is 182 cm³/mol. The number of likely N-dealkylation sites (tertiary alicyclic amines) is 1. The van der Waals surface area contributed by atoms with Gasteiger partial charge in [-0.25, -0.2) is 4.79 Å². The number of carbonyl (C=O) groups excluding carboxylic acids is 3. The topological polar surface area (TPSA) is 154 Å². The summed E-state index contributed by atoms with van der Waals surface area (Å²) in [5.74, 6) is 1.67. The molecule has 3 aromatic rings.